The Morgan fingerprint density at radius 2 is 0.727 bits per heavy atom. The molecule has 0 aromatic heterocycles. The Morgan fingerprint density at radius 1 is 0.636 bits per heavy atom. The first kappa shape index (κ1) is 32.4. The minimum absolute atomic E-state index is 0. The summed E-state index contributed by atoms with van der Waals surface area (Å²) in [6, 6.07) is 0. The van der Waals surface area contributed by atoms with Crippen LogP contribution in [0.1, 0.15) is 0 Å². The summed E-state index contributed by atoms with van der Waals surface area (Å²) >= 11 is 0. The van der Waals surface area contributed by atoms with Crippen LogP contribution in [-0.4, -0.2) is 20.4 Å². The molecule has 11 heavy (non-hydrogen) atoms. The number of hydrogen-bond donors (Lipinski definition) is 0. The standard InChI is InChI=1S/C4H6.3CH2O.Fe/c1-3-4-2;3*1-2;/h3-4H,1-2H2;3*1H2;. The fourth-order valence-corrected chi connectivity index (χ4v) is 0. The van der Waals surface area contributed by atoms with Crippen LogP contribution < -0.4 is 0 Å². The third kappa shape index (κ3) is 4930000. The minimum Gasteiger partial charge on any atom is -0.307 e. The Morgan fingerprint density at radius 3 is 0.727 bits per heavy atom. The zero-order valence-corrected chi connectivity index (χ0v) is 7.37. The van der Waals surface area contributed by atoms with E-state index in [-0.39, 0.29) is 17.1 Å². The van der Waals surface area contributed by atoms with Crippen molar-refractivity contribution in [1.29, 1.82) is 0 Å². The third-order valence-corrected chi connectivity index (χ3v) is 0.167. The zero-order chi connectivity index (χ0) is 9.41. The van der Waals surface area contributed by atoms with Gasteiger partial charge in [0, 0.05) is 17.1 Å². The topological polar surface area (TPSA) is 51.2 Å². The van der Waals surface area contributed by atoms with E-state index < -0.39 is 0 Å². The van der Waals surface area contributed by atoms with E-state index in [1.54, 1.807) is 12.2 Å². The fourth-order valence-electron chi connectivity index (χ4n) is 0. The Hall–Kier alpha value is -0.991. The van der Waals surface area contributed by atoms with Gasteiger partial charge in [-0.25, -0.2) is 0 Å². The van der Waals surface area contributed by atoms with Gasteiger partial charge in [-0.2, -0.15) is 0 Å². The predicted octanol–water partition coefficient (Wildman–Crippen LogP) is 0.801. The fraction of sp³-hybridized carbons (Fsp3) is 0. The second kappa shape index (κ2) is 567. The van der Waals surface area contributed by atoms with Crippen molar-refractivity contribution >= 4 is 20.4 Å². The SMILES string of the molecule is C=CC=C.C=O.C=O.C=O.[Fe]. The van der Waals surface area contributed by atoms with Crippen molar-refractivity contribution < 1.29 is 31.5 Å². The van der Waals surface area contributed by atoms with Crippen molar-refractivity contribution in [3.8, 4) is 0 Å². The molecule has 0 aliphatic rings. The van der Waals surface area contributed by atoms with Gasteiger partial charge in [-0.15, -0.1) is 0 Å². The molecule has 66 valence electrons. The summed E-state index contributed by atoms with van der Waals surface area (Å²) in [5.41, 5.74) is 0. The molecular formula is C7H12FeO3. The molecule has 0 rings (SSSR count). The van der Waals surface area contributed by atoms with Gasteiger partial charge in [-0.1, -0.05) is 25.3 Å². The van der Waals surface area contributed by atoms with Crippen molar-refractivity contribution in [3.63, 3.8) is 0 Å². The van der Waals surface area contributed by atoms with Crippen LogP contribution in [0.4, 0.5) is 0 Å². The van der Waals surface area contributed by atoms with E-state index in [0.717, 1.165) is 0 Å². The number of allylic oxidation sites excluding steroid dienone is 2. The molecular weight excluding hydrogens is 188 g/mol. The monoisotopic (exact) mass is 200 g/mol. The van der Waals surface area contributed by atoms with Crippen LogP contribution in [0.25, 0.3) is 0 Å². The first-order valence-corrected chi connectivity index (χ1v) is 2.02. The average Bonchev–Trinajstić information content (AvgIpc) is 2.14. The van der Waals surface area contributed by atoms with E-state index in [1.807, 2.05) is 20.4 Å². The first-order valence-electron chi connectivity index (χ1n) is 2.02. The molecule has 0 aromatic rings. The van der Waals surface area contributed by atoms with Gasteiger partial charge in [0.25, 0.3) is 0 Å². The third-order valence-electron chi connectivity index (χ3n) is 0.167. The summed E-state index contributed by atoms with van der Waals surface area (Å²) in [5.74, 6) is 0. The summed E-state index contributed by atoms with van der Waals surface area (Å²) in [4.78, 5) is 24.0. The maximum absolute atomic E-state index is 8.00. The number of rotatable bonds is 1. The van der Waals surface area contributed by atoms with Crippen LogP contribution in [0.5, 0.6) is 0 Å². The summed E-state index contributed by atoms with van der Waals surface area (Å²) in [5, 5.41) is 0. The Kier molecular flexibility index (Phi) is 1670. The van der Waals surface area contributed by atoms with Gasteiger partial charge in [0.1, 0.15) is 20.4 Å². The molecule has 0 aliphatic heterocycles. The molecule has 0 spiro atoms. The van der Waals surface area contributed by atoms with E-state index >= 15 is 0 Å². The largest absolute Gasteiger partial charge is 0.307 e. The van der Waals surface area contributed by atoms with Crippen LogP contribution in [0.3, 0.4) is 0 Å². The molecule has 0 radical (unpaired) electrons. The van der Waals surface area contributed by atoms with Gasteiger partial charge in [0.2, 0.25) is 0 Å². The maximum atomic E-state index is 8.00. The summed E-state index contributed by atoms with van der Waals surface area (Å²) in [7, 11) is 0. The molecule has 0 bridgehead atoms. The molecule has 0 amide bonds. The molecule has 4 heteroatoms. The second-order valence-electron chi connectivity index (χ2n) is 0.471. The van der Waals surface area contributed by atoms with Gasteiger partial charge in [0.05, 0.1) is 0 Å². The molecule has 0 N–H and O–H groups in total. The van der Waals surface area contributed by atoms with Crippen LogP contribution >= 0.6 is 0 Å². The van der Waals surface area contributed by atoms with Crippen molar-refractivity contribution in [3.05, 3.63) is 25.3 Å². The van der Waals surface area contributed by atoms with Crippen molar-refractivity contribution in [1.82, 2.24) is 0 Å². The first-order chi connectivity index (χ1) is 4.91. The van der Waals surface area contributed by atoms with Gasteiger partial charge in [-0.05, 0) is 0 Å². The van der Waals surface area contributed by atoms with E-state index in [9.17, 15) is 0 Å². The van der Waals surface area contributed by atoms with Crippen LogP contribution in [0.2, 0.25) is 0 Å². The zero-order valence-electron chi connectivity index (χ0n) is 6.27. The minimum atomic E-state index is 0. The Balaban J connectivity index is -0.0000000152. The molecule has 0 aromatic carbocycles. The predicted molar refractivity (Wildman–Crippen MR) is 41.8 cm³/mol. The molecule has 0 saturated carbocycles. The molecule has 0 saturated heterocycles. The normalized spacial score (nSPS) is 2.91. The van der Waals surface area contributed by atoms with E-state index in [0.29, 0.717) is 0 Å². The summed E-state index contributed by atoms with van der Waals surface area (Å²) < 4.78 is 0. The summed E-state index contributed by atoms with van der Waals surface area (Å²) in [6.45, 7) is 12.7. The van der Waals surface area contributed by atoms with Crippen LogP contribution in [-0.2, 0) is 31.5 Å². The van der Waals surface area contributed by atoms with E-state index in [4.69, 9.17) is 14.4 Å². The summed E-state index contributed by atoms with van der Waals surface area (Å²) in [6.07, 6.45) is 3.28. The van der Waals surface area contributed by atoms with Gasteiger partial charge in [-0.3, -0.25) is 0 Å². The number of carbonyl (C=O) groups is 3. The van der Waals surface area contributed by atoms with Crippen molar-refractivity contribution in [2.75, 3.05) is 0 Å². The number of hydrogen-bond acceptors (Lipinski definition) is 3. The van der Waals surface area contributed by atoms with Crippen molar-refractivity contribution in [2.45, 2.75) is 0 Å². The second-order valence-corrected chi connectivity index (χ2v) is 0.471. The Bertz CT molecular complexity index is 56.0. The molecule has 0 unspecified atom stereocenters. The quantitative estimate of drug-likeness (QED) is 0.464. The molecule has 0 atom stereocenters. The average molecular weight is 200 g/mol. The van der Waals surface area contributed by atoms with Gasteiger partial charge >= 0.3 is 0 Å². The number of carbonyl (C=O) groups excluding carboxylic acids is 3. The van der Waals surface area contributed by atoms with Crippen LogP contribution in [0.15, 0.2) is 25.3 Å². The van der Waals surface area contributed by atoms with Crippen LogP contribution in [0, 0.1) is 0 Å². The van der Waals surface area contributed by atoms with Gasteiger partial charge in [0.15, 0.2) is 0 Å². The van der Waals surface area contributed by atoms with Gasteiger partial charge < -0.3 is 14.4 Å². The molecule has 0 heterocycles. The van der Waals surface area contributed by atoms with E-state index in [2.05, 4.69) is 13.2 Å². The van der Waals surface area contributed by atoms with Crippen molar-refractivity contribution in [2.24, 2.45) is 0 Å². The maximum Gasteiger partial charge on any atom is 0.106 e. The molecule has 0 aliphatic carbocycles. The van der Waals surface area contributed by atoms with E-state index in [1.165, 1.54) is 0 Å². The molecule has 3 nitrogen and oxygen atoms in total. The molecule has 0 fully saturated rings. The smallest absolute Gasteiger partial charge is 0.106 e. The Labute approximate surface area is 77.6 Å².